The van der Waals surface area contributed by atoms with Crippen molar-refractivity contribution >= 4 is 11.6 Å². The Morgan fingerprint density at radius 1 is 1.12 bits per heavy atom. The zero-order valence-electron chi connectivity index (χ0n) is 9.91. The second kappa shape index (κ2) is 3.86. The predicted molar refractivity (Wildman–Crippen MR) is 62.9 cm³/mol. The molecule has 3 nitrogen and oxygen atoms in total. The molecular weight excluding hydrogens is 200 g/mol. The number of carbonyl (C=O) groups is 1. The summed E-state index contributed by atoms with van der Waals surface area (Å²) in [6.07, 6.45) is 7.65. The van der Waals surface area contributed by atoms with Gasteiger partial charge in [0.05, 0.1) is 0 Å². The summed E-state index contributed by atoms with van der Waals surface area (Å²) in [5, 5.41) is 4.22. The topological polar surface area (TPSA) is 41.5 Å². The smallest absolute Gasteiger partial charge is 0.243 e. The Morgan fingerprint density at radius 3 is 2.31 bits per heavy atom. The number of rotatable bonds is 3. The average Bonchev–Trinajstić information content (AvgIpc) is 3.16. The molecule has 3 aliphatic rings. The molecular formula is C13H20N2O. The maximum atomic E-state index is 11.9. The molecule has 3 heteroatoms. The van der Waals surface area contributed by atoms with Crippen molar-refractivity contribution in [3.8, 4) is 0 Å². The van der Waals surface area contributed by atoms with Crippen LogP contribution in [0.1, 0.15) is 45.4 Å². The van der Waals surface area contributed by atoms with Gasteiger partial charge >= 0.3 is 0 Å². The van der Waals surface area contributed by atoms with Gasteiger partial charge in [0.2, 0.25) is 5.91 Å². The second-order valence-corrected chi connectivity index (χ2v) is 5.64. The number of hydrogen-bond acceptors (Lipinski definition) is 2. The minimum absolute atomic E-state index is 0.178. The molecule has 0 aromatic rings. The highest BCUT2D eigenvalue weighted by atomic mass is 16.2. The Labute approximate surface area is 96.7 Å². The number of hydrazone groups is 1. The van der Waals surface area contributed by atoms with Crippen LogP contribution in [-0.2, 0) is 4.79 Å². The molecule has 1 N–H and O–H groups in total. The van der Waals surface area contributed by atoms with Crippen molar-refractivity contribution in [1.29, 1.82) is 0 Å². The lowest BCUT2D eigenvalue weighted by atomic mass is 10.0. The summed E-state index contributed by atoms with van der Waals surface area (Å²) in [6.45, 7) is 2.03. The van der Waals surface area contributed by atoms with Crippen LogP contribution in [0.3, 0.4) is 0 Å². The molecule has 0 radical (unpaired) electrons. The van der Waals surface area contributed by atoms with Gasteiger partial charge in [0.1, 0.15) is 0 Å². The van der Waals surface area contributed by atoms with E-state index in [2.05, 4.69) is 10.5 Å². The molecule has 0 aromatic heterocycles. The Balaban J connectivity index is 1.52. The van der Waals surface area contributed by atoms with Gasteiger partial charge in [-0.2, -0.15) is 5.10 Å². The van der Waals surface area contributed by atoms with Crippen LogP contribution in [0.2, 0.25) is 0 Å². The van der Waals surface area contributed by atoms with Gasteiger partial charge < -0.3 is 0 Å². The molecule has 16 heavy (non-hydrogen) atoms. The van der Waals surface area contributed by atoms with Crippen LogP contribution < -0.4 is 5.43 Å². The molecule has 0 aromatic carbocycles. The van der Waals surface area contributed by atoms with Gasteiger partial charge in [0.25, 0.3) is 0 Å². The first-order chi connectivity index (χ1) is 7.77. The first-order valence-corrected chi connectivity index (χ1v) is 6.61. The Kier molecular flexibility index (Phi) is 2.49. The Morgan fingerprint density at radius 2 is 1.75 bits per heavy atom. The van der Waals surface area contributed by atoms with E-state index in [0.717, 1.165) is 5.71 Å². The minimum Gasteiger partial charge on any atom is -0.273 e. The van der Waals surface area contributed by atoms with E-state index < -0.39 is 0 Å². The SMILES string of the molecule is C/C(=N\NC(=O)C1C2CCCCC21)C1CC1. The summed E-state index contributed by atoms with van der Waals surface area (Å²) in [5.41, 5.74) is 3.88. The van der Waals surface area contributed by atoms with Gasteiger partial charge in [0, 0.05) is 11.6 Å². The molecule has 0 saturated heterocycles. The lowest BCUT2D eigenvalue weighted by Gasteiger charge is -2.04. The molecule has 3 saturated carbocycles. The number of nitrogens with one attached hydrogen (secondary N) is 1. The van der Waals surface area contributed by atoms with Crippen LogP contribution in [0.15, 0.2) is 5.10 Å². The van der Waals surface area contributed by atoms with Crippen LogP contribution in [0.5, 0.6) is 0 Å². The predicted octanol–water partition coefficient (Wildman–Crippen LogP) is 2.32. The maximum Gasteiger partial charge on any atom is 0.243 e. The molecule has 3 aliphatic carbocycles. The minimum atomic E-state index is 0.178. The highest BCUT2D eigenvalue weighted by molar-refractivity contribution is 5.89. The van der Waals surface area contributed by atoms with E-state index in [1.807, 2.05) is 6.92 Å². The molecule has 3 rings (SSSR count). The third-order valence-corrected chi connectivity index (χ3v) is 4.47. The van der Waals surface area contributed by atoms with Crippen molar-refractivity contribution in [3.05, 3.63) is 0 Å². The van der Waals surface area contributed by atoms with E-state index in [-0.39, 0.29) is 5.91 Å². The summed E-state index contributed by atoms with van der Waals surface area (Å²) >= 11 is 0. The molecule has 0 aliphatic heterocycles. The molecule has 0 spiro atoms. The highest BCUT2D eigenvalue weighted by Gasteiger charge is 2.54. The van der Waals surface area contributed by atoms with Crippen LogP contribution in [0.25, 0.3) is 0 Å². The largest absolute Gasteiger partial charge is 0.273 e. The Hall–Kier alpha value is -0.860. The van der Waals surface area contributed by atoms with Crippen LogP contribution in [-0.4, -0.2) is 11.6 Å². The first-order valence-electron chi connectivity index (χ1n) is 6.61. The van der Waals surface area contributed by atoms with Crippen molar-refractivity contribution in [1.82, 2.24) is 5.43 Å². The summed E-state index contributed by atoms with van der Waals surface area (Å²) in [7, 11) is 0. The number of amides is 1. The summed E-state index contributed by atoms with van der Waals surface area (Å²) in [5.74, 6) is 2.49. The van der Waals surface area contributed by atoms with Crippen LogP contribution in [0, 0.1) is 23.7 Å². The van der Waals surface area contributed by atoms with Crippen LogP contribution >= 0.6 is 0 Å². The van der Waals surface area contributed by atoms with Gasteiger partial charge in [-0.25, -0.2) is 5.43 Å². The van der Waals surface area contributed by atoms with Gasteiger partial charge in [-0.3, -0.25) is 4.79 Å². The van der Waals surface area contributed by atoms with E-state index in [1.165, 1.54) is 38.5 Å². The maximum absolute atomic E-state index is 11.9. The van der Waals surface area contributed by atoms with Gasteiger partial charge in [-0.15, -0.1) is 0 Å². The highest BCUT2D eigenvalue weighted by Crippen LogP contribution is 2.55. The van der Waals surface area contributed by atoms with Crippen molar-refractivity contribution in [2.24, 2.45) is 28.8 Å². The van der Waals surface area contributed by atoms with E-state index in [4.69, 9.17) is 0 Å². The normalized spacial score (nSPS) is 37.8. The van der Waals surface area contributed by atoms with Gasteiger partial charge in [-0.1, -0.05) is 12.8 Å². The third-order valence-electron chi connectivity index (χ3n) is 4.47. The van der Waals surface area contributed by atoms with Crippen molar-refractivity contribution in [3.63, 3.8) is 0 Å². The van der Waals surface area contributed by atoms with Gasteiger partial charge in [0.15, 0.2) is 0 Å². The third kappa shape index (κ3) is 1.87. The monoisotopic (exact) mass is 220 g/mol. The van der Waals surface area contributed by atoms with E-state index in [1.54, 1.807) is 0 Å². The van der Waals surface area contributed by atoms with Crippen LogP contribution in [0.4, 0.5) is 0 Å². The molecule has 1 amide bonds. The van der Waals surface area contributed by atoms with E-state index >= 15 is 0 Å². The average molecular weight is 220 g/mol. The molecule has 2 unspecified atom stereocenters. The zero-order valence-corrected chi connectivity index (χ0v) is 9.91. The number of hydrogen-bond donors (Lipinski definition) is 1. The molecule has 0 heterocycles. The molecule has 2 atom stereocenters. The standard InChI is InChI=1S/C13H20N2O/c1-8(9-6-7-9)14-15-13(16)12-10-4-2-3-5-11(10)12/h9-12H,2-7H2,1H3,(H,15,16)/b14-8+. The lowest BCUT2D eigenvalue weighted by molar-refractivity contribution is -0.122. The fourth-order valence-corrected chi connectivity index (χ4v) is 3.19. The van der Waals surface area contributed by atoms with Crippen molar-refractivity contribution < 1.29 is 4.79 Å². The Bertz CT molecular complexity index is 321. The summed E-state index contributed by atoms with van der Waals surface area (Å²) in [4.78, 5) is 11.9. The van der Waals surface area contributed by atoms with Crippen molar-refractivity contribution in [2.75, 3.05) is 0 Å². The first kappa shape index (κ1) is 10.3. The van der Waals surface area contributed by atoms with Gasteiger partial charge in [-0.05, 0) is 50.4 Å². The summed E-state index contributed by atoms with van der Waals surface area (Å²) < 4.78 is 0. The lowest BCUT2D eigenvalue weighted by Crippen LogP contribution is -2.22. The fourth-order valence-electron chi connectivity index (χ4n) is 3.19. The zero-order chi connectivity index (χ0) is 11.1. The number of nitrogens with zero attached hydrogens (tertiary/aromatic N) is 1. The van der Waals surface area contributed by atoms with Crippen molar-refractivity contribution in [2.45, 2.75) is 45.4 Å². The molecule has 0 bridgehead atoms. The quantitative estimate of drug-likeness (QED) is 0.575. The molecule has 88 valence electrons. The number of carbonyl (C=O) groups excluding carboxylic acids is 1. The molecule has 3 fully saturated rings. The fraction of sp³-hybridized carbons (Fsp3) is 0.846. The van der Waals surface area contributed by atoms with E-state index in [0.29, 0.717) is 23.7 Å². The summed E-state index contributed by atoms with van der Waals surface area (Å²) in [6, 6.07) is 0. The number of fused-ring (bicyclic) bond motifs is 1. The second-order valence-electron chi connectivity index (χ2n) is 5.64. The van der Waals surface area contributed by atoms with E-state index in [9.17, 15) is 4.79 Å².